The zero-order valence-corrected chi connectivity index (χ0v) is 11.3. The van der Waals surface area contributed by atoms with Crippen LogP contribution in [0, 0.1) is 6.92 Å². The van der Waals surface area contributed by atoms with Gasteiger partial charge in [0.15, 0.2) is 0 Å². The number of aryl methyl sites for hydroxylation is 1. The molecule has 0 saturated carbocycles. The van der Waals surface area contributed by atoms with E-state index < -0.39 is 5.60 Å². The Morgan fingerprint density at radius 2 is 2.22 bits per heavy atom. The van der Waals surface area contributed by atoms with E-state index in [0.29, 0.717) is 12.1 Å². The van der Waals surface area contributed by atoms with Crippen LogP contribution in [0.1, 0.15) is 37.9 Å². The summed E-state index contributed by atoms with van der Waals surface area (Å²) in [6.45, 7) is 6.54. The normalized spacial score (nSPS) is 20.3. The van der Waals surface area contributed by atoms with Crippen LogP contribution in [-0.4, -0.2) is 22.4 Å². The Kier molecular flexibility index (Phi) is 3.59. The number of nitrogens with zero attached hydrogens (tertiary/aromatic N) is 1. The van der Waals surface area contributed by atoms with Crippen molar-refractivity contribution in [1.82, 2.24) is 4.57 Å². The summed E-state index contributed by atoms with van der Waals surface area (Å²) < 4.78 is 7.28. The van der Waals surface area contributed by atoms with Gasteiger partial charge in [-0.2, -0.15) is 0 Å². The van der Waals surface area contributed by atoms with Crippen LogP contribution in [0.3, 0.4) is 0 Å². The Morgan fingerprint density at radius 3 is 2.78 bits per heavy atom. The highest BCUT2D eigenvalue weighted by molar-refractivity contribution is 5.20. The zero-order chi connectivity index (χ0) is 13.3. The van der Waals surface area contributed by atoms with Crippen molar-refractivity contribution in [2.45, 2.75) is 51.9 Å². The average molecular weight is 251 g/mol. The van der Waals surface area contributed by atoms with Crippen LogP contribution < -0.4 is 5.56 Å². The van der Waals surface area contributed by atoms with Gasteiger partial charge in [-0.3, -0.25) is 4.79 Å². The van der Waals surface area contributed by atoms with Crippen molar-refractivity contribution in [3.63, 3.8) is 0 Å². The molecule has 0 aliphatic carbocycles. The highest BCUT2D eigenvalue weighted by Crippen LogP contribution is 2.18. The van der Waals surface area contributed by atoms with E-state index in [-0.39, 0.29) is 11.7 Å². The molecule has 1 aliphatic heterocycles. The van der Waals surface area contributed by atoms with Crippen molar-refractivity contribution in [3.8, 4) is 0 Å². The molecule has 4 nitrogen and oxygen atoms in total. The van der Waals surface area contributed by atoms with E-state index in [1.165, 1.54) is 0 Å². The van der Waals surface area contributed by atoms with E-state index in [0.717, 1.165) is 25.1 Å². The number of hydrogen-bond acceptors (Lipinski definition) is 3. The van der Waals surface area contributed by atoms with Gasteiger partial charge < -0.3 is 14.4 Å². The third-order valence-electron chi connectivity index (χ3n) is 3.46. The van der Waals surface area contributed by atoms with Crippen molar-refractivity contribution >= 4 is 0 Å². The minimum absolute atomic E-state index is 0.113. The molecule has 2 rings (SSSR count). The molecule has 0 bridgehead atoms. The Hall–Kier alpha value is -1.13. The Morgan fingerprint density at radius 1 is 1.50 bits per heavy atom. The van der Waals surface area contributed by atoms with Crippen LogP contribution >= 0.6 is 0 Å². The van der Waals surface area contributed by atoms with Crippen LogP contribution in [0.5, 0.6) is 0 Å². The fourth-order valence-corrected chi connectivity index (χ4v) is 2.36. The summed E-state index contributed by atoms with van der Waals surface area (Å²) in [5.41, 5.74) is 0.121. The molecule has 18 heavy (non-hydrogen) atoms. The van der Waals surface area contributed by atoms with Gasteiger partial charge in [0.05, 0.1) is 18.2 Å². The van der Waals surface area contributed by atoms with Gasteiger partial charge in [-0.25, -0.2) is 0 Å². The van der Waals surface area contributed by atoms with E-state index in [9.17, 15) is 9.90 Å². The van der Waals surface area contributed by atoms with E-state index in [2.05, 4.69) is 0 Å². The second kappa shape index (κ2) is 4.86. The highest BCUT2D eigenvalue weighted by Gasteiger charge is 2.23. The lowest BCUT2D eigenvalue weighted by molar-refractivity contribution is 0.0742. The molecular weight excluding hydrogens is 230 g/mol. The molecule has 1 N–H and O–H groups in total. The predicted molar refractivity (Wildman–Crippen MR) is 69.7 cm³/mol. The summed E-state index contributed by atoms with van der Waals surface area (Å²) in [5, 5.41) is 10.0. The maximum absolute atomic E-state index is 12.4. The summed E-state index contributed by atoms with van der Waals surface area (Å²) in [5.74, 6) is 0. The molecule has 0 aromatic carbocycles. The van der Waals surface area contributed by atoms with Crippen molar-refractivity contribution < 1.29 is 9.84 Å². The van der Waals surface area contributed by atoms with E-state index in [4.69, 9.17) is 4.74 Å². The van der Waals surface area contributed by atoms with Crippen molar-refractivity contribution in [2.75, 3.05) is 6.61 Å². The lowest BCUT2D eigenvalue weighted by atomic mass is 9.99. The molecular formula is C14H21NO3. The van der Waals surface area contributed by atoms with Gasteiger partial charge in [-0.1, -0.05) is 0 Å². The van der Waals surface area contributed by atoms with E-state index in [1.54, 1.807) is 24.5 Å². The number of pyridine rings is 1. The van der Waals surface area contributed by atoms with Crippen LogP contribution in [0.2, 0.25) is 0 Å². The third-order valence-corrected chi connectivity index (χ3v) is 3.46. The zero-order valence-electron chi connectivity index (χ0n) is 11.3. The topological polar surface area (TPSA) is 51.5 Å². The summed E-state index contributed by atoms with van der Waals surface area (Å²) >= 11 is 0. The van der Waals surface area contributed by atoms with E-state index >= 15 is 0 Å². The number of aliphatic hydroxyl groups is 1. The fraction of sp³-hybridized carbons (Fsp3) is 0.643. The Bertz CT molecular complexity index is 479. The first-order valence-corrected chi connectivity index (χ1v) is 6.44. The van der Waals surface area contributed by atoms with Gasteiger partial charge in [-0.15, -0.1) is 0 Å². The first-order valence-electron chi connectivity index (χ1n) is 6.44. The van der Waals surface area contributed by atoms with Gasteiger partial charge in [0.1, 0.15) is 0 Å². The number of rotatable bonds is 3. The predicted octanol–water partition coefficient (Wildman–Crippen LogP) is 1.56. The second-order valence-electron chi connectivity index (χ2n) is 5.50. The number of hydrogen-bond donors (Lipinski definition) is 1. The van der Waals surface area contributed by atoms with Crippen molar-refractivity contribution in [2.24, 2.45) is 0 Å². The van der Waals surface area contributed by atoms with Crippen molar-refractivity contribution in [3.05, 3.63) is 33.7 Å². The highest BCUT2D eigenvalue weighted by atomic mass is 16.5. The average Bonchev–Trinajstić information content (AvgIpc) is 2.74. The summed E-state index contributed by atoms with van der Waals surface area (Å²) in [6, 6.07) is 3.59. The van der Waals surface area contributed by atoms with Crippen LogP contribution in [0.25, 0.3) is 0 Å². The molecule has 0 amide bonds. The second-order valence-corrected chi connectivity index (χ2v) is 5.50. The largest absolute Gasteiger partial charge is 0.386 e. The molecule has 1 aliphatic rings. The molecule has 1 fully saturated rings. The maximum atomic E-state index is 12.4. The molecule has 100 valence electrons. The van der Waals surface area contributed by atoms with Crippen LogP contribution in [-0.2, 0) is 16.9 Å². The molecule has 0 radical (unpaired) electrons. The summed E-state index contributed by atoms with van der Waals surface area (Å²) in [6.07, 6.45) is 2.18. The first kappa shape index (κ1) is 13.3. The number of ether oxygens (including phenoxy) is 1. The third kappa shape index (κ3) is 2.65. The van der Waals surface area contributed by atoms with Gasteiger partial charge in [0, 0.05) is 17.9 Å². The smallest absolute Gasteiger partial charge is 0.256 e. The van der Waals surface area contributed by atoms with E-state index in [1.807, 2.05) is 13.0 Å². The van der Waals surface area contributed by atoms with Gasteiger partial charge in [0.2, 0.25) is 0 Å². The molecule has 1 atom stereocenters. The summed E-state index contributed by atoms with van der Waals surface area (Å²) in [7, 11) is 0. The fourth-order valence-electron chi connectivity index (χ4n) is 2.36. The standard InChI is InChI=1S/C14H21NO3/c1-10-6-7-12(14(2,3)17)13(16)15(10)9-11-5-4-8-18-11/h6-7,11,17H,4-5,8-9H2,1-3H3. The van der Waals surface area contributed by atoms with Gasteiger partial charge >= 0.3 is 0 Å². The molecule has 0 spiro atoms. The first-order chi connectivity index (χ1) is 8.39. The monoisotopic (exact) mass is 251 g/mol. The van der Waals surface area contributed by atoms with Crippen LogP contribution in [0.15, 0.2) is 16.9 Å². The lowest BCUT2D eigenvalue weighted by Gasteiger charge is -2.21. The lowest BCUT2D eigenvalue weighted by Crippen LogP contribution is -2.35. The molecule has 1 aromatic rings. The quantitative estimate of drug-likeness (QED) is 0.887. The Labute approximate surface area is 107 Å². The molecule has 1 unspecified atom stereocenters. The molecule has 2 heterocycles. The Balaban J connectivity index is 2.36. The number of aromatic nitrogens is 1. The summed E-state index contributed by atoms with van der Waals surface area (Å²) in [4.78, 5) is 12.4. The minimum Gasteiger partial charge on any atom is -0.386 e. The minimum atomic E-state index is -1.11. The van der Waals surface area contributed by atoms with Gasteiger partial charge in [-0.05, 0) is 45.7 Å². The van der Waals surface area contributed by atoms with Crippen molar-refractivity contribution in [1.29, 1.82) is 0 Å². The van der Waals surface area contributed by atoms with Gasteiger partial charge in [0.25, 0.3) is 5.56 Å². The van der Waals surface area contributed by atoms with Crippen LogP contribution in [0.4, 0.5) is 0 Å². The SMILES string of the molecule is Cc1ccc(C(C)(C)O)c(=O)n1CC1CCCO1. The molecule has 1 aromatic heterocycles. The maximum Gasteiger partial charge on any atom is 0.256 e. The molecule has 1 saturated heterocycles. The molecule has 4 heteroatoms.